The molecule has 6 heteroatoms. The van der Waals surface area contributed by atoms with E-state index in [1.54, 1.807) is 6.20 Å². The molecule has 2 radical (unpaired) electrons. The van der Waals surface area contributed by atoms with Gasteiger partial charge in [-0.2, -0.15) is 0 Å². The number of nitrogens with one attached hydrogen (secondary N) is 2. The minimum absolute atomic E-state index is 0.232. The predicted molar refractivity (Wildman–Crippen MR) is 69.1 cm³/mol. The number of rotatable bonds is 1. The highest BCUT2D eigenvalue weighted by molar-refractivity contribution is 8.05. The van der Waals surface area contributed by atoms with Crippen molar-refractivity contribution in [3.05, 3.63) is 11.0 Å². The summed E-state index contributed by atoms with van der Waals surface area (Å²) in [5.41, 5.74) is -0.711. The first kappa shape index (κ1) is 15.2. The highest BCUT2D eigenvalue weighted by Gasteiger charge is 2.21. The first-order valence-corrected chi connectivity index (χ1v) is 6.13. The Balaban J connectivity index is 0.00000106. The third-order valence-corrected chi connectivity index (χ3v) is 2.16. The SMILES string of the molecule is CC.[B]C1=CNC(NC(=O)OC(C)(C)C)S1. The van der Waals surface area contributed by atoms with Crippen molar-refractivity contribution in [3.63, 3.8) is 0 Å². The van der Waals surface area contributed by atoms with Crippen LogP contribution in [0.3, 0.4) is 0 Å². The lowest BCUT2D eigenvalue weighted by Gasteiger charge is -2.21. The molecule has 1 heterocycles. The van der Waals surface area contributed by atoms with Crippen LogP contribution in [-0.4, -0.2) is 25.0 Å². The van der Waals surface area contributed by atoms with E-state index in [4.69, 9.17) is 12.6 Å². The number of alkyl carbamates (subject to hydrolysis) is 1. The Bertz CT molecular complexity index is 264. The average molecular weight is 242 g/mol. The van der Waals surface area contributed by atoms with Gasteiger partial charge < -0.3 is 10.1 Å². The molecule has 0 spiro atoms. The summed E-state index contributed by atoms with van der Waals surface area (Å²) in [4.78, 5) is 11.9. The molecule has 0 fully saturated rings. The van der Waals surface area contributed by atoms with Crippen molar-refractivity contribution in [1.29, 1.82) is 0 Å². The van der Waals surface area contributed by atoms with Crippen LogP contribution in [0.4, 0.5) is 4.79 Å². The third kappa shape index (κ3) is 6.66. The second-order valence-corrected chi connectivity index (χ2v) is 5.04. The van der Waals surface area contributed by atoms with Crippen molar-refractivity contribution in [1.82, 2.24) is 10.6 Å². The van der Waals surface area contributed by atoms with E-state index in [1.165, 1.54) is 11.8 Å². The second kappa shape index (κ2) is 6.73. The molecule has 90 valence electrons. The van der Waals surface area contributed by atoms with E-state index in [0.717, 1.165) is 0 Å². The maximum atomic E-state index is 11.3. The lowest BCUT2D eigenvalue weighted by atomic mass is 10.1. The molecule has 1 rings (SSSR count). The Morgan fingerprint density at radius 1 is 1.56 bits per heavy atom. The van der Waals surface area contributed by atoms with Gasteiger partial charge in [-0.05, 0) is 31.8 Å². The van der Waals surface area contributed by atoms with Gasteiger partial charge in [-0.25, -0.2) is 4.79 Å². The molecule has 0 bridgehead atoms. The fraction of sp³-hybridized carbons (Fsp3) is 0.700. The highest BCUT2D eigenvalue weighted by Crippen LogP contribution is 2.20. The molecule has 1 atom stereocenters. The normalized spacial score (nSPS) is 18.8. The van der Waals surface area contributed by atoms with Gasteiger partial charge in [-0.1, -0.05) is 25.6 Å². The topological polar surface area (TPSA) is 50.4 Å². The molecule has 1 aliphatic heterocycles. The van der Waals surface area contributed by atoms with Crippen LogP contribution < -0.4 is 10.6 Å². The molecule has 1 unspecified atom stereocenters. The fourth-order valence-electron chi connectivity index (χ4n) is 0.848. The molecule has 0 aromatic rings. The maximum absolute atomic E-state index is 11.3. The van der Waals surface area contributed by atoms with E-state index in [-0.39, 0.29) is 5.50 Å². The number of ether oxygens (including phenoxy) is 1. The average Bonchev–Trinajstić information content (AvgIpc) is 2.51. The quantitative estimate of drug-likeness (QED) is 0.691. The highest BCUT2D eigenvalue weighted by atomic mass is 32.2. The van der Waals surface area contributed by atoms with Gasteiger partial charge in [0.25, 0.3) is 0 Å². The van der Waals surface area contributed by atoms with Crippen LogP contribution in [0.25, 0.3) is 0 Å². The molecule has 0 aliphatic carbocycles. The van der Waals surface area contributed by atoms with Crippen LogP contribution in [0.1, 0.15) is 34.6 Å². The minimum atomic E-state index is -0.480. The molecule has 0 aromatic heterocycles. The molecule has 16 heavy (non-hydrogen) atoms. The summed E-state index contributed by atoms with van der Waals surface area (Å²) < 4.78 is 5.07. The van der Waals surface area contributed by atoms with Crippen molar-refractivity contribution in [2.45, 2.75) is 45.7 Å². The Kier molecular flexibility index (Phi) is 6.41. The van der Waals surface area contributed by atoms with E-state index in [1.807, 2.05) is 34.6 Å². The first-order valence-electron chi connectivity index (χ1n) is 5.25. The molecule has 1 amide bonds. The first-order chi connectivity index (χ1) is 7.37. The van der Waals surface area contributed by atoms with Crippen LogP contribution in [0.15, 0.2) is 11.0 Å². The van der Waals surface area contributed by atoms with E-state index >= 15 is 0 Å². The Labute approximate surface area is 103 Å². The van der Waals surface area contributed by atoms with Crippen molar-refractivity contribution in [3.8, 4) is 0 Å². The van der Waals surface area contributed by atoms with Gasteiger partial charge in [0.1, 0.15) is 13.4 Å². The zero-order valence-corrected chi connectivity index (χ0v) is 11.3. The summed E-state index contributed by atoms with van der Waals surface area (Å²) in [6.45, 7) is 9.44. The number of amides is 1. The predicted octanol–water partition coefficient (Wildman–Crippen LogP) is 2.12. The molecular weight excluding hydrogens is 223 g/mol. The van der Waals surface area contributed by atoms with Crippen LogP contribution in [-0.2, 0) is 4.74 Å². The van der Waals surface area contributed by atoms with Crippen LogP contribution in [0, 0.1) is 0 Å². The molecular formula is C10H19BN2O2S. The van der Waals surface area contributed by atoms with Gasteiger partial charge >= 0.3 is 6.09 Å². The summed E-state index contributed by atoms with van der Waals surface area (Å²) in [7, 11) is 5.50. The van der Waals surface area contributed by atoms with Crippen LogP contribution in [0.5, 0.6) is 0 Å². The molecule has 0 aromatic carbocycles. The summed E-state index contributed by atoms with van der Waals surface area (Å²) in [6, 6.07) is 0. The number of hydrogen-bond acceptors (Lipinski definition) is 4. The monoisotopic (exact) mass is 242 g/mol. The molecule has 0 saturated carbocycles. The standard InChI is InChI=1S/C8H13BN2O2S.C2H6/c1-8(2,3)13-7(12)11-6-10-4-5(9)14-6;1-2/h4,6,10H,1-3H3,(H,11,12);1-2H3. The second-order valence-electron chi connectivity index (χ2n) is 3.86. The fourth-order valence-corrected chi connectivity index (χ4v) is 1.55. The number of thioether (sulfide) groups is 1. The lowest BCUT2D eigenvalue weighted by Crippen LogP contribution is -2.41. The van der Waals surface area contributed by atoms with E-state index in [0.29, 0.717) is 4.80 Å². The number of carbonyl (C=O) groups excluding carboxylic acids is 1. The van der Waals surface area contributed by atoms with Crippen molar-refractivity contribution in [2.75, 3.05) is 0 Å². The summed E-state index contributed by atoms with van der Waals surface area (Å²) >= 11 is 1.34. The van der Waals surface area contributed by atoms with Gasteiger partial charge in [-0.15, -0.1) is 0 Å². The summed E-state index contributed by atoms with van der Waals surface area (Å²) in [6.07, 6.45) is 1.19. The Morgan fingerprint density at radius 3 is 2.50 bits per heavy atom. The van der Waals surface area contributed by atoms with Gasteiger partial charge in [0.15, 0.2) is 5.50 Å². The third-order valence-electron chi connectivity index (χ3n) is 1.28. The van der Waals surface area contributed by atoms with Gasteiger partial charge in [-0.3, -0.25) is 5.32 Å². The van der Waals surface area contributed by atoms with Gasteiger partial charge in [0.05, 0.1) is 0 Å². The lowest BCUT2D eigenvalue weighted by molar-refractivity contribution is 0.0519. The van der Waals surface area contributed by atoms with Crippen LogP contribution >= 0.6 is 11.8 Å². The van der Waals surface area contributed by atoms with Crippen LogP contribution in [0.2, 0.25) is 0 Å². The van der Waals surface area contributed by atoms with E-state index in [9.17, 15) is 4.79 Å². The smallest absolute Gasteiger partial charge is 0.409 e. The molecule has 1 aliphatic rings. The zero-order valence-electron chi connectivity index (χ0n) is 10.5. The maximum Gasteiger partial charge on any atom is 0.409 e. The Hall–Kier alpha value is -0.775. The zero-order chi connectivity index (χ0) is 12.8. The summed E-state index contributed by atoms with van der Waals surface area (Å²) in [5, 5.41) is 5.51. The number of carbonyl (C=O) groups is 1. The van der Waals surface area contributed by atoms with Crippen molar-refractivity contribution in [2.24, 2.45) is 0 Å². The van der Waals surface area contributed by atoms with Crippen molar-refractivity contribution < 1.29 is 9.53 Å². The van der Waals surface area contributed by atoms with Gasteiger partial charge in [0, 0.05) is 0 Å². The molecule has 0 saturated heterocycles. The van der Waals surface area contributed by atoms with Crippen molar-refractivity contribution >= 4 is 25.7 Å². The largest absolute Gasteiger partial charge is 0.444 e. The summed E-state index contributed by atoms with van der Waals surface area (Å²) in [5.74, 6) is 0. The molecule has 2 N–H and O–H groups in total. The minimum Gasteiger partial charge on any atom is -0.444 e. The van der Waals surface area contributed by atoms with E-state index < -0.39 is 11.7 Å². The van der Waals surface area contributed by atoms with Gasteiger partial charge in [0.2, 0.25) is 0 Å². The number of hydrogen-bond donors (Lipinski definition) is 2. The molecule has 4 nitrogen and oxygen atoms in total. The van der Waals surface area contributed by atoms with E-state index in [2.05, 4.69) is 10.6 Å². The Morgan fingerprint density at radius 2 is 2.12 bits per heavy atom.